The lowest BCUT2D eigenvalue weighted by atomic mass is 9.96. The lowest BCUT2D eigenvalue weighted by Crippen LogP contribution is -2.47. The first-order valence-corrected chi connectivity index (χ1v) is 8.18. The molecule has 1 aliphatic heterocycles. The average molecular weight is 366 g/mol. The number of hydrogen-bond donors (Lipinski definition) is 3. The number of hydrazone groups is 1. The molecule has 3 rings (SSSR count). The molecule has 3 N–H and O–H groups in total. The van der Waals surface area contributed by atoms with Crippen molar-refractivity contribution in [2.45, 2.75) is 12.5 Å². The van der Waals surface area contributed by atoms with E-state index < -0.39 is 17.7 Å². The highest BCUT2D eigenvalue weighted by Crippen LogP contribution is 2.26. The molecular formula is C17H17ClFN3O3. The van der Waals surface area contributed by atoms with Crippen LogP contribution in [0, 0.1) is 11.7 Å². The number of nitrogens with one attached hydrogen (secondary N) is 2. The van der Waals surface area contributed by atoms with Gasteiger partial charge in [-0.15, -0.1) is 0 Å². The van der Waals surface area contributed by atoms with Gasteiger partial charge in [-0.3, -0.25) is 4.79 Å². The molecule has 0 unspecified atom stereocenters. The van der Waals surface area contributed by atoms with E-state index in [1.165, 1.54) is 12.3 Å². The molecule has 25 heavy (non-hydrogen) atoms. The van der Waals surface area contributed by atoms with Gasteiger partial charge < -0.3 is 20.3 Å². The van der Waals surface area contributed by atoms with E-state index >= 15 is 0 Å². The number of aliphatic carboxylic acids is 1. The quantitative estimate of drug-likeness (QED) is 0.560. The molecule has 2 heterocycles. The number of hydrogen-bond acceptors (Lipinski definition) is 5. The average Bonchev–Trinajstić information content (AvgIpc) is 3.03. The highest BCUT2D eigenvalue weighted by Gasteiger charge is 2.26. The van der Waals surface area contributed by atoms with Crippen molar-refractivity contribution in [3.63, 3.8) is 0 Å². The Hall–Kier alpha value is -2.38. The van der Waals surface area contributed by atoms with Gasteiger partial charge in [-0.05, 0) is 36.8 Å². The van der Waals surface area contributed by atoms with Gasteiger partial charge in [-0.2, -0.15) is 5.10 Å². The van der Waals surface area contributed by atoms with Crippen LogP contribution in [0.3, 0.4) is 0 Å². The van der Waals surface area contributed by atoms with Gasteiger partial charge in [0.05, 0.1) is 23.7 Å². The summed E-state index contributed by atoms with van der Waals surface area (Å²) >= 11 is 5.74. The maximum absolute atomic E-state index is 13.9. The van der Waals surface area contributed by atoms with Crippen LogP contribution < -0.4 is 10.7 Å². The van der Waals surface area contributed by atoms with Crippen molar-refractivity contribution in [1.29, 1.82) is 0 Å². The second-order valence-corrected chi connectivity index (χ2v) is 6.28. The van der Waals surface area contributed by atoms with Crippen molar-refractivity contribution in [2.24, 2.45) is 11.0 Å². The van der Waals surface area contributed by atoms with E-state index in [4.69, 9.17) is 21.1 Å². The van der Waals surface area contributed by atoms with Crippen LogP contribution in [0.4, 0.5) is 4.39 Å². The zero-order chi connectivity index (χ0) is 17.8. The zero-order valence-corrected chi connectivity index (χ0v) is 14.0. The fourth-order valence-electron chi connectivity index (χ4n) is 2.69. The predicted octanol–water partition coefficient (Wildman–Crippen LogP) is 2.73. The number of halogens is 2. The predicted molar refractivity (Wildman–Crippen MR) is 92.2 cm³/mol. The molecular weight excluding hydrogens is 349 g/mol. The summed E-state index contributed by atoms with van der Waals surface area (Å²) in [4.78, 5) is 11.0. The molecule has 0 amide bonds. The molecule has 8 heteroatoms. The van der Waals surface area contributed by atoms with Crippen LogP contribution in [0.2, 0.25) is 5.02 Å². The maximum Gasteiger partial charge on any atom is 0.307 e. The number of nitrogens with zero attached hydrogens (tertiary/aromatic N) is 1. The fourth-order valence-corrected chi connectivity index (χ4v) is 2.85. The second kappa shape index (κ2) is 7.67. The van der Waals surface area contributed by atoms with Crippen LogP contribution in [0.5, 0.6) is 0 Å². The van der Waals surface area contributed by atoms with E-state index in [0.717, 1.165) is 0 Å². The van der Waals surface area contributed by atoms with Crippen molar-refractivity contribution in [3.8, 4) is 11.3 Å². The third-order valence-corrected chi connectivity index (χ3v) is 4.21. The van der Waals surface area contributed by atoms with Crippen molar-refractivity contribution >= 4 is 23.8 Å². The van der Waals surface area contributed by atoms with Crippen LogP contribution in [0.15, 0.2) is 39.9 Å². The van der Waals surface area contributed by atoms with Crippen LogP contribution in [-0.4, -0.2) is 36.4 Å². The summed E-state index contributed by atoms with van der Waals surface area (Å²) in [6, 6.07) is 7.62. The van der Waals surface area contributed by atoms with Gasteiger partial charge in [0.25, 0.3) is 0 Å². The van der Waals surface area contributed by atoms with Gasteiger partial charge in [0.1, 0.15) is 17.3 Å². The van der Waals surface area contributed by atoms with Gasteiger partial charge in [0.15, 0.2) is 0 Å². The van der Waals surface area contributed by atoms with E-state index in [2.05, 4.69) is 15.8 Å². The monoisotopic (exact) mass is 365 g/mol. The SMILES string of the molecule is O=C(O)[C@H]1CNC[C@@H](N/N=C/c2ccc(-c3ccc(Cl)cc3F)o2)C1. The summed E-state index contributed by atoms with van der Waals surface area (Å²) in [6.07, 6.45) is 1.97. The minimum Gasteiger partial charge on any atom is -0.481 e. The van der Waals surface area contributed by atoms with Crippen LogP contribution in [0.1, 0.15) is 12.2 Å². The van der Waals surface area contributed by atoms with Crippen molar-refractivity contribution in [1.82, 2.24) is 10.7 Å². The fraction of sp³-hybridized carbons (Fsp3) is 0.294. The van der Waals surface area contributed by atoms with Gasteiger partial charge in [0, 0.05) is 18.1 Å². The Labute approximate surface area is 148 Å². The normalized spacial score (nSPS) is 20.7. The summed E-state index contributed by atoms with van der Waals surface area (Å²) < 4.78 is 19.5. The maximum atomic E-state index is 13.9. The molecule has 1 aromatic heterocycles. The minimum atomic E-state index is -0.816. The summed E-state index contributed by atoms with van der Waals surface area (Å²) in [5.41, 5.74) is 3.23. The molecule has 0 spiro atoms. The summed E-state index contributed by atoms with van der Waals surface area (Å²) in [7, 11) is 0. The molecule has 0 aliphatic carbocycles. The van der Waals surface area contributed by atoms with Crippen LogP contribution >= 0.6 is 11.6 Å². The Bertz CT molecular complexity index is 793. The Morgan fingerprint density at radius 1 is 1.40 bits per heavy atom. The van der Waals surface area contributed by atoms with Crippen molar-refractivity contribution < 1.29 is 18.7 Å². The Morgan fingerprint density at radius 2 is 2.24 bits per heavy atom. The van der Waals surface area contributed by atoms with Crippen LogP contribution in [-0.2, 0) is 4.79 Å². The summed E-state index contributed by atoms with van der Waals surface area (Å²) in [6.45, 7) is 1.10. The number of rotatable bonds is 5. The zero-order valence-electron chi connectivity index (χ0n) is 13.2. The lowest BCUT2D eigenvalue weighted by Gasteiger charge is -2.26. The molecule has 1 aromatic carbocycles. The number of piperidine rings is 1. The molecule has 0 bridgehead atoms. The smallest absolute Gasteiger partial charge is 0.307 e. The van der Waals surface area contributed by atoms with Gasteiger partial charge in [-0.1, -0.05) is 11.6 Å². The van der Waals surface area contributed by atoms with E-state index in [0.29, 0.717) is 41.6 Å². The molecule has 2 aromatic rings. The second-order valence-electron chi connectivity index (χ2n) is 5.84. The first-order chi connectivity index (χ1) is 12.0. The van der Waals surface area contributed by atoms with E-state index in [1.807, 2.05) is 0 Å². The first kappa shape index (κ1) is 17.4. The number of carboxylic acids is 1. The summed E-state index contributed by atoms with van der Waals surface area (Å²) in [5.74, 6) is -0.874. The highest BCUT2D eigenvalue weighted by molar-refractivity contribution is 6.30. The molecule has 132 valence electrons. The van der Waals surface area contributed by atoms with Crippen molar-refractivity contribution in [2.75, 3.05) is 13.1 Å². The molecule has 1 aliphatic rings. The Kier molecular flexibility index (Phi) is 5.35. The standard InChI is InChI=1S/C17H17ClFN3O3/c18-11-1-3-14(15(19)6-11)16-4-2-13(25-16)9-21-22-12-5-10(17(23)24)7-20-8-12/h1-4,6,9-10,12,20,22H,5,7-8H2,(H,23,24)/b21-9+/t10-,12+/m1/s1. The first-order valence-electron chi connectivity index (χ1n) is 7.80. The van der Waals surface area contributed by atoms with E-state index in [9.17, 15) is 9.18 Å². The molecule has 0 radical (unpaired) electrons. The molecule has 6 nitrogen and oxygen atoms in total. The number of carbonyl (C=O) groups is 1. The minimum absolute atomic E-state index is 0.0748. The van der Waals surface area contributed by atoms with E-state index in [-0.39, 0.29) is 6.04 Å². The third-order valence-electron chi connectivity index (χ3n) is 3.97. The van der Waals surface area contributed by atoms with E-state index in [1.54, 1.807) is 24.3 Å². The van der Waals surface area contributed by atoms with Crippen molar-refractivity contribution in [3.05, 3.63) is 46.9 Å². The lowest BCUT2D eigenvalue weighted by molar-refractivity contribution is -0.142. The topological polar surface area (TPSA) is 86.9 Å². The Balaban J connectivity index is 1.61. The number of carboxylic acid groups (broad SMARTS) is 1. The highest BCUT2D eigenvalue weighted by atomic mass is 35.5. The van der Waals surface area contributed by atoms with Gasteiger partial charge in [-0.25, -0.2) is 4.39 Å². The number of benzene rings is 1. The van der Waals surface area contributed by atoms with Crippen LogP contribution in [0.25, 0.3) is 11.3 Å². The molecule has 2 atom stereocenters. The molecule has 1 saturated heterocycles. The summed E-state index contributed by atoms with van der Waals surface area (Å²) in [5, 5.41) is 16.5. The molecule has 0 saturated carbocycles. The largest absolute Gasteiger partial charge is 0.481 e. The van der Waals surface area contributed by atoms with Gasteiger partial charge >= 0.3 is 5.97 Å². The van der Waals surface area contributed by atoms with Gasteiger partial charge in [0.2, 0.25) is 0 Å². The Morgan fingerprint density at radius 3 is 3.00 bits per heavy atom. The third kappa shape index (κ3) is 4.37. The molecule has 1 fully saturated rings. The number of furan rings is 1.